The number of nitrogens with one attached hydrogen (secondary N) is 2. The molecular weight excluding hydrogens is 362 g/mol. The molecule has 0 aliphatic heterocycles. The van der Waals surface area contributed by atoms with E-state index in [-0.39, 0.29) is 11.6 Å². The van der Waals surface area contributed by atoms with E-state index in [0.717, 1.165) is 0 Å². The van der Waals surface area contributed by atoms with Gasteiger partial charge in [0.05, 0.1) is 19.0 Å². The average molecular weight is 385 g/mol. The maximum atomic E-state index is 12.5. The van der Waals surface area contributed by atoms with Gasteiger partial charge in [0.25, 0.3) is 5.56 Å². The molecular formula is C20H23N3O3S. The molecule has 0 fully saturated rings. The molecule has 0 saturated carbocycles. The first-order chi connectivity index (χ1) is 12.9. The molecule has 0 radical (unpaired) electrons. The van der Waals surface area contributed by atoms with Crippen LogP contribution < -0.4 is 10.9 Å². The predicted octanol–water partition coefficient (Wildman–Crippen LogP) is 3.57. The zero-order valence-corrected chi connectivity index (χ0v) is 16.6. The van der Waals surface area contributed by atoms with Gasteiger partial charge < -0.3 is 15.0 Å². The Morgan fingerprint density at radius 3 is 2.63 bits per heavy atom. The molecule has 0 aliphatic carbocycles. The fourth-order valence-corrected chi connectivity index (χ4v) is 4.28. The van der Waals surface area contributed by atoms with Gasteiger partial charge in [0.1, 0.15) is 15.5 Å². The third-order valence-electron chi connectivity index (χ3n) is 4.54. The number of thiophene rings is 1. The highest BCUT2D eigenvalue weighted by Crippen LogP contribution is 2.27. The molecule has 7 heteroatoms. The zero-order chi connectivity index (χ0) is 19.6. The second kappa shape index (κ2) is 8.02. The number of hydrogen-bond acceptors (Lipinski definition) is 6. The van der Waals surface area contributed by atoms with Crippen LogP contribution in [0.25, 0.3) is 10.2 Å². The standard InChI is InChI=1S/C20H23N3O3S/c1-11(2)16(13-8-6-5-7-9-13)21-10-14-22-18(24)15-12(3)17(20(25)26-4)27-19(15)23-14/h5-9,11,16,21H,10H2,1-4H3,(H,22,23,24)/t16-/m0/s1. The van der Waals surface area contributed by atoms with E-state index in [1.54, 1.807) is 6.92 Å². The number of fused-ring (bicyclic) bond motifs is 1. The Hall–Kier alpha value is -2.51. The number of rotatable bonds is 6. The van der Waals surface area contributed by atoms with Gasteiger partial charge in [0.15, 0.2) is 0 Å². The van der Waals surface area contributed by atoms with Crippen LogP contribution in [0.15, 0.2) is 35.1 Å². The average Bonchev–Trinajstić information content (AvgIpc) is 2.99. The number of aryl methyl sites for hydroxylation is 1. The quantitative estimate of drug-likeness (QED) is 0.634. The van der Waals surface area contributed by atoms with E-state index in [4.69, 9.17) is 4.74 Å². The van der Waals surface area contributed by atoms with E-state index in [1.165, 1.54) is 24.0 Å². The zero-order valence-electron chi connectivity index (χ0n) is 15.8. The number of aromatic amines is 1. The normalized spacial score (nSPS) is 12.5. The van der Waals surface area contributed by atoms with Gasteiger partial charge in [-0.25, -0.2) is 9.78 Å². The van der Waals surface area contributed by atoms with Crippen LogP contribution >= 0.6 is 11.3 Å². The summed E-state index contributed by atoms with van der Waals surface area (Å²) >= 11 is 1.19. The first-order valence-corrected chi connectivity index (χ1v) is 9.63. The Kier molecular flexibility index (Phi) is 5.72. The Labute approximate surface area is 161 Å². The van der Waals surface area contributed by atoms with Crippen molar-refractivity contribution in [2.24, 2.45) is 5.92 Å². The van der Waals surface area contributed by atoms with Crippen LogP contribution in [0.2, 0.25) is 0 Å². The number of H-pyrrole nitrogens is 1. The Balaban J connectivity index is 1.89. The van der Waals surface area contributed by atoms with Crippen LogP contribution in [-0.2, 0) is 11.3 Å². The summed E-state index contributed by atoms with van der Waals surface area (Å²) in [7, 11) is 1.33. The van der Waals surface area contributed by atoms with Gasteiger partial charge >= 0.3 is 5.97 Å². The number of nitrogens with zero attached hydrogens (tertiary/aromatic N) is 1. The summed E-state index contributed by atoms with van der Waals surface area (Å²) in [5, 5.41) is 3.93. The van der Waals surface area contributed by atoms with Gasteiger partial charge in [-0.1, -0.05) is 44.2 Å². The smallest absolute Gasteiger partial charge is 0.348 e. The van der Waals surface area contributed by atoms with Gasteiger partial charge in [-0.15, -0.1) is 11.3 Å². The fourth-order valence-electron chi connectivity index (χ4n) is 3.17. The molecule has 1 atom stereocenters. The lowest BCUT2D eigenvalue weighted by atomic mass is 9.96. The molecule has 0 spiro atoms. The monoisotopic (exact) mass is 385 g/mol. The third-order valence-corrected chi connectivity index (χ3v) is 5.70. The highest BCUT2D eigenvalue weighted by molar-refractivity contribution is 7.20. The number of benzene rings is 1. The molecule has 142 valence electrons. The second-order valence-electron chi connectivity index (χ2n) is 6.75. The first kappa shape index (κ1) is 19.3. The second-order valence-corrected chi connectivity index (χ2v) is 7.75. The van der Waals surface area contributed by atoms with E-state index < -0.39 is 5.97 Å². The maximum absolute atomic E-state index is 12.5. The molecule has 2 N–H and O–H groups in total. The SMILES string of the molecule is COC(=O)c1sc2nc(CN[C@H](c3ccccc3)C(C)C)[nH]c(=O)c2c1C. The van der Waals surface area contributed by atoms with Crippen molar-refractivity contribution >= 4 is 27.5 Å². The molecule has 0 amide bonds. The van der Waals surface area contributed by atoms with E-state index in [0.29, 0.717) is 38.9 Å². The van der Waals surface area contributed by atoms with Crippen LogP contribution in [0.4, 0.5) is 0 Å². The molecule has 3 aromatic rings. The van der Waals surface area contributed by atoms with Gasteiger partial charge in [-0.2, -0.15) is 0 Å². The number of carbonyl (C=O) groups is 1. The summed E-state index contributed by atoms with van der Waals surface area (Å²) in [5.74, 6) is 0.475. The predicted molar refractivity (Wildman–Crippen MR) is 107 cm³/mol. The number of methoxy groups -OCH3 is 1. The minimum Gasteiger partial charge on any atom is -0.465 e. The lowest BCUT2D eigenvalue weighted by molar-refractivity contribution is 0.0605. The third kappa shape index (κ3) is 3.94. The van der Waals surface area contributed by atoms with E-state index >= 15 is 0 Å². The number of hydrogen-bond donors (Lipinski definition) is 2. The molecule has 0 aliphatic rings. The van der Waals surface area contributed by atoms with Crippen LogP contribution in [0.3, 0.4) is 0 Å². The van der Waals surface area contributed by atoms with Crippen molar-refractivity contribution < 1.29 is 9.53 Å². The van der Waals surface area contributed by atoms with Crippen molar-refractivity contribution in [3.05, 3.63) is 62.5 Å². The van der Waals surface area contributed by atoms with Crippen LogP contribution in [-0.4, -0.2) is 23.0 Å². The summed E-state index contributed by atoms with van der Waals surface area (Å²) in [4.78, 5) is 32.8. The van der Waals surface area contributed by atoms with Gasteiger partial charge in [0, 0.05) is 6.04 Å². The van der Waals surface area contributed by atoms with E-state index in [9.17, 15) is 9.59 Å². The van der Waals surface area contributed by atoms with Crippen molar-refractivity contribution in [2.75, 3.05) is 7.11 Å². The molecule has 6 nitrogen and oxygen atoms in total. The van der Waals surface area contributed by atoms with Gasteiger partial charge in [-0.05, 0) is 24.0 Å². The van der Waals surface area contributed by atoms with Gasteiger partial charge in [0.2, 0.25) is 0 Å². The minimum absolute atomic E-state index is 0.142. The molecule has 1 aromatic carbocycles. The Morgan fingerprint density at radius 2 is 2.00 bits per heavy atom. The van der Waals surface area contributed by atoms with E-state index in [2.05, 4.69) is 41.3 Å². The van der Waals surface area contributed by atoms with Crippen molar-refractivity contribution in [3.63, 3.8) is 0 Å². The summed E-state index contributed by atoms with van der Waals surface area (Å²) in [6.07, 6.45) is 0. The number of ether oxygens (including phenoxy) is 1. The number of carbonyl (C=O) groups excluding carboxylic acids is 1. The lowest BCUT2D eigenvalue weighted by Crippen LogP contribution is -2.27. The lowest BCUT2D eigenvalue weighted by Gasteiger charge is -2.22. The van der Waals surface area contributed by atoms with Crippen LogP contribution in [0, 0.1) is 12.8 Å². The molecule has 3 rings (SSSR count). The molecule has 0 unspecified atom stereocenters. The molecule has 27 heavy (non-hydrogen) atoms. The summed E-state index contributed by atoms with van der Waals surface area (Å²) in [6.45, 7) is 6.46. The highest BCUT2D eigenvalue weighted by Gasteiger charge is 2.20. The van der Waals surface area contributed by atoms with Crippen molar-refractivity contribution in [3.8, 4) is 0 Å². The van der Waals surface area contributed by atoms with Gasteiger partial charge in [-0.3, -0.25) is 4.79 Å². The molecule has 0 bridgehead atoms. The van der Waals surface area contributed by atoms with E-state index in [1.807, 2.05) is 18.2 Å². The summed E-state index contributed by atoms with van der Waals surface area (Å²) in [6, 6.07) is 10.3. The number of aromatic nitrogens is 2. The van der Waals surface area contributed by atoms with Crippen molar-refractivity contribution in [1.82, 2.24) is 15.3 Å². The molecule has 0 saturated heterocycles. The highest BCUT2D eigenvalue weighted by atomic mass is 32.1. The Bertz CT molecular complexity index is 1010. The van der Waals surface area contributed by atoms with Crippen LogP contribution in [0.5, 0.6) is 0 Å². The van der Waals surface area contributed by atoms with Crippen LogP contribution in [0.1, 0.15) is 46.5 Å². The first-order valence-electron chi connectivity index (χ1n) is 8.81. The number of esters is 1. The molecule has 2 aromatic heterocycles. The minimum atomic E-state index is -0.446. The summed E-state index contributed by atoms with van der Waals surface area (Å²) < 4.78 is 4.79. The van der Waals surface area contributed by atoms with Crippen molar-refractivity contribution in [1.29, 1.82) is 0 Å². The fraction of sp³-hybridized carbons (Fsp3) is 0.350. The summed E-state index contributed by atoms with van der Waals surface area (Å²) in [5.41, 5.74) is 1.57. The maximum Gasteiger partial charge on any atom is 0.348 e. The van der Waals surface area contributed by atoms with Crippen molar-refractivity contribution in [2.45, 2.75) is 33.4 Å². The topological polar surface area (TPSA) is 84.1 Å². The largest absolute Gasteiger partial charge is 0.465 e. The molecule has 2 heterocycles. The Morgan fingerprint density at radius 1 is 1.30 bits per heavy atom.